The fraction of sp³-hybridized carbons (Fsp3) is 0.469. The van der Waals surface area contributed by atoms with E-state index in [1.807, 2.05) is 32.0 Å². The van der Waals surface area contributed by atoms with Gasteiger partial charge in [-0.1, -0.05) is 32.9 Å². The number of ketones is 1. The van der Waals surface area contributed by atoms with Gasteiger partial charge in [0.05, 0.1) is 41.6 Å². The molecular formula is C32H39N7O3. The van der Waals surface area contributed by atoms with E-state index in [1.54, 1.807) is 28.8 Å². The lowest BCUT2D eigenvalue weighted by molar-refractivity contribution is 0.0532. The van der Waals surface area contributed by atoms with Gasteiger partial charge in [-0.15, -0.1) is 0 Å². The van der Waals surface area contributed by atoms with E-state index >= 15 is 0 Å². The zero-order valence-electron chi connectivity index (χ0n) is 25.0. The number of para-hydroxylation sites is 1. The number of nitrogens with one attached hydrogen (secondary N) is 1. The summed E-state index contributed by atoms with van der Waals surface area (Å²) in [7, 11) is 0. The summed E-state index contributed by atoms with van der Waals surface area (Å²) in [5, 5.41) is 12.6. The Kier molecular flexibility index (Phi) is 7.22. The Morgan fingerprint density at radius 2 is 1.90 bits per heavy atom. The predicted octanol–water partition coefficient (Wildman–Crippen LogP) is 4.00. The molecule has 2 aliphatic heterocycles. The summed E-state index contributed by atoms with van der Waals surface area (Å²) in [6, 6.07) is 13.1. The third kappa shape index (κ3) is 5.25. The average molecular weight is 570 g/mol. The Bertz CT molecular complexity index is 1670. The molecule has 6 rings (SSSR count). The van der Waals surface area contributed by atoms with Crippen LogP contribution >= 0.6 is 0 Å². The number of aromatic nitrogens is 5. The van der Waals surface area contributed by atoms with Gasteiger partial charge in [0.25, 0.3) is 5.56 Å². The van der Waals surface area contributed by atoms with Gasteiger partial charge in [0.2, 0.25) is 0 Å². The Morgan fingerprint density at radius 3 is 2.64 bits per heavy atom. The van der Waals surface area contributed by atoms with Crippen molar-refractivity contribution in [3.8, 4) is 11.4 Å². The van der Waals surface area contributed by atoms with Crippen LogP contribution < -0.4 is 15.6 Å². The maximum absolute atomic E-state index is 14.3. The quantitative estimate of drug-likeness (QED) is 0.318. The summed E-state index contributed by atoms with van der Waals surface area (Å²) in [5.74, 6) is 0.972. The van der Waals surface area contributed by atoms with Crippen molar-refractivity contribution in [2.75, 3.05) is 13.1 Å². The topological polar surface area (TPSA) is 107 Å². The number of carbonyl (C=O) groups is 1. The number of benzene rings is 2. The summed E-state index contributed by atoms with van der Waals surface area (Å²) < 4.78 is 7.85. The van der Waals surface area contributed by atoms with Crippen LogP contribution in [0.3, 0.4) is 0 Å². The first kappa shape index (κ1) is 28.2. The highest BCUT2D eigenvalue weighted by Crippen LogP contribution is 2.42. The monoisotopic (exact) mass is 569 g/mol. The van der Waals surface area contributed by atoms with E-state index < -0.39 is 0 Å². The van der Waals surface area contributed by atoms with Gasteiger partial charge in [-0.2, -0.15) is 15.0 Å². The molecule has 0 radical (unpaired) electrons. The van der Waals surface area contributed by atoms with E-state index in [9.17, 15) is 9.59 Å². The molecule has 0 amide bonds. The second-order valence-corrected chi connectivity index (χ2v) is 12.9. The molecule has 2 atom stereocenters. The van der Waals surface area contributed by atoms with Gasteiger partial charge >= 0.3 is 0 Å². The molecule has 2 aromatic carbocycles. The van der Waals surface area contributed by atoms with Gasteiger partial charge in [0, 0.05) is 30.2 Å². The first-order chi connectivity index (χ1) is 20.0. The second kappa shape index (κ2) is 10.7. The van der Waals surface area contributed by atoms with Gasteiger partial charge in [-0.05, 0) is 62.4 Å². The number of likely N-dealkylation sites (tertiary alicyclic amines) is 1. The number of rotatable bonds is 8. The maximum atomic E-state index is 14.3. The summed E-state index contributed by atoms with van der Waals surface area (Å²) in [6.07, 6.45) is 5.19. The van der Waals surface area contributed by atoms with E-state index in [2.05, 4.69) is 41.2 Å². The van der Waals surface area contributed by atoms with Crippen LogP contribution in [0.25, 0.3) is 16.6 Å². The molecule has 2 unspecified atom stereocenters. The fourth-order valence-corrected chi connectivity index (χ4v) is 6.42. The fourth-order valence-electron chi connectivity index (χ4n) is 6.42. The number of hydrogen-bond acceptors (Lipinski definition) is 8. The summed E-state index contributed by atoms with van der Waals surface area (Å²) in [5.41, 5.74) is 1.48. The smallest absolute Gasteiger partial charge is 0.266 e. The number of hydrogen-bond donors (Lipinski definition) is 1. The Hall–Kier alpha value is -3.89. The Labute approximate surface area is 245 Å². The van der Waals surface area contributed by atoms with Gasteiger partial charge in [-0.25, -0.2) is 4.98 Å². The lowest BCUT2D eigenvalue weighted by atomic mass is 9.72. The van der Waals surface area contributed by atoms with Crippen LogP contribution in [0.4, 0.5) is 0 Å². The first-order valence-electron chi connectivity index (χ1n) is 14.7. The van der Waals surface area contributed by atoms with Crippen molar-refractivity contribution in [1.82, 2.24) is 34.8 Å². The van der Waals surface area contributed by atoms with Crippen molar-refractivity contribution in [3.63, 3.8) is 0 Å². The highest BCUT2D eigenvalue weighted by Gasteiger charge is 2.51. The van der Waals surface area contributed by atoms with Crippen molar-refractivity contribution in [3.05, 3.63) is 76.6 Å². The molecule has 4 heterocycles. The number of nitrogens with zero attached hydrogens (tertiary/aromatic N) is 6. The first-order valence-corrected chi connectivity index (χ1v) is 14.7. The largest absolute Gasteiger partial charge is 0.489 e. The van der Waals surface area contributed by atoms with Crippen LogP contribution in [-0.4, -0.2) is 66.0 Å². The molecule has 2 bridgehead atoms. The van der Waals surface area contributed by atoms with Crippen LogP contribution in [0.5, 0.6) is 5.75 Å². The summed E-state index contributed by atoms with van der Waals surface area (Å²) in [4.78, 5) is 36.4. The lowest BCUT2D eigenvalue weighted by Crippen LogP contribution is -2.64. The van der Waals surface area contributed by atoms with E-state index in [0.29, 0.717) is 46.3 Å². The van der Waals surface area contributed by atoms with E-state index in [4.69, 9.17) is 9.72 Å². The standard InChI is InChI=1S/C32H39N7O3/c1-21(2)42-28-11-10-22(27(40)18-38-33-14-15-34-38)16-26(28)39-29(35-25-9-7-6-8-24(25)30(39)41)19-37-17-23-12-13-32(20-37,36-23)31(3,4)5/h6-11,14-16,21,23,36H,12-13,17-20H2,1-5H3. The van der Waals surface area contributed by atoms with Crippen molar-refractivity contribution >= 4 is 16.7 Å². The summed E-state index contributed by atoms with van der Waals surface area (Å²) >= 11 is 0. The van der Waals surface area contributed by atoms with Crippen molar-refractivity contribution < 1.29 is 9.53 Å². The molecule has 1 N–H and O–H groups in total. The third-order valence-electron chi connectivity index (χ3n) is 8.65. The summed E-state index contributed by atoms with van der Waals surface area (Å²) in [6.45, 7) is 13.0. The predicted molar refractivity (Wildman–Crippen MR) is 161 cm³/mol. The molecule has 10 nitrogen and oxygen atoms in total. The van der Waals surface area contributed by atoms with Crippen LogP contribution in [0, 0.1) is 5.41 Å². The molecule has 2 saturated heterocycles. The third-order valence-corrected chi connectivity index (χ3v) is 8.65. The van der Waals surface area contributed by atoms with Crippen molar-refractivity contribution in [1.29, 1.82) is 0 Å². The van der Waals surface area contributed by atoms with Gasteiger partial charge in [-0.3, -0.25) is 19.1 Å². The number of fused-ring (bicyclic) bond motifs is 3. The molecule has 0 saturated carbocycles. The zero-order chi connectivity index (χ0) is 29.6. The molecule has 0 spiro atoms. The Balaban J connectivity index is 1.47. The molecule has 220 valence electrons. The van der Waals surface area contributed by atoms with Crippen molar-refractivity contribution in [2.45, 2.75) is 78.2 Å². The molecule has 42 heavy (non-hydrogen) atoms. The van der Waals surface area contributed by atoms with Crippen LogP contribution in [0.15, 0.2) is 59.7 Å². The molecule has 0 aliphatic carbocycles. The van der Waals surface area contributed by atoms with Gasteiger partial charge in [0.1, 0.15) is 18.1 Å². The van der Waals surface area contributed by atoms with E-state index in [1.165, 1.54) is 17.2 Å². The maximum Gasteiger partial charge on any atom is 0.266 e. The number of Topliss-reactive ketones (excluding diaryl/α,β-unsaturated/α-hetero) is 1. The second-order valence-electron chi connectivity index (χ2n) is 12.9. The SMILES string of the molecule is CC(C)Oc1ccc(C(=O)Cn2nccn2)cc1-n1c(CN2CC3CCC(C(C)(C)C)(C2)N3)nc2ccccc2c1=O. The van der Waals surface area contributed by atoms with Gasteiger partial charge in [0.15, 0.2) is 5.78 Å². The normalized spacial score (nSPS) is 20.9. The molecule has 10 heteroatoms. The van der Waals surface area contributed by atoms with Crippen LogP contribution in [-0.2, 0) is 13.1 Å². The highest BCUT2D eigenvalue weighted by atomic mass is 16.5. The minimum absolute atomic E-state index is 0.00330. The number of ether oxygens (including phenoxy) is 1. The van der Waals surface area contributed by atoms with Crippen LogP contribution in [0.2, 0.25) is 0 Å². The number of carbonyl (C=O) groups excluding carboxylic acids is 1. The molecule has 2 fully saturated rings. The zero-order valence-corrected chi connectivity index (χ0v) is 25.0. The molecular weight excluding hydrogens is 530 g/mol. The average Bonchev–Trinajstić information content (AvgIpc) is 3.56. The minimum Gasteiger partial charge on any atom is -0.489 e. The molecule has 4 aromatic rings. The Morgan fingerprint density at radius 1 is 1.14 bits per heavy atom. The molecule has 2 aliphatic rings. The van der Waals surface area contributed by atoms with E-state index in [0.717, 1.165) is 25.9 Å². The van der Waals surface area contributed by atoms with E-state index in [-0.39, 0.29) is 34.9 Å². The van der Waals surface area contributed by atoms with Crippen molar-refractivity contribution in [2.24, 2.45) is 5.41 Å². The lowest BCUT2D eigenvalue weighted by Gasteiger charge is -2.49. The number of piperazine rings is 1. The van der Waals surface area contributed by atoms with Gasteiger partial charge < -0.3 is 10.1 Å². The minimum atomic E-state index is -0.189. The van der Waals surface area contributed by atoms with Crippen LogP contribution in [0.1, 0.15) is 63.6 Å². The molecule has 2 aromatic heterocycles. The highest BCUT2D eigenvalue weighted by molar-refractivity contribution is 5.96.